The van der Waals surface area contributed by atoms with Crippen LogP contribution in [0.5, 0.6) is 0 Å². The van der Waals surface area contributed by atoms with Crippen LogP contribution >= 0.6 is 22.7 Å². The molecule has 0 bridgehead atoms. The molecule has 2 aromatic rings. The van der Waals surface area contributed by atoms with Crippen molar-refractivity contribution in [2.75, 3.05) is 0 Å². The molecule has 2 nitrogen and oxygen atoms in total. The zero-order valence-electron chi connectivity index (χ0n) is 18.8. The van der Waals surface area contributed by atoms with Gasteiger partial charge in [-0.05, 0) is 49.4 Å². The summed E-state index contributed by atoms with van der Waals surface area (Å²) in [7, 11) is -5.29. The van der Waals surface area contributed by atoms with E-state index < -0.39 is 25.4 Å². The van der Waals surface area contributed by atoms with E-state index in [1.165, 1.54) is 11.4 Å². The molecule has 2 aromatic carbocycles. The molecule has 0 saturated heterocycles. The van der Waals surface area contributed by atoms with Crippen LogP contribution in [-0.2, 0) is 4.43 Å². The van der Waals surface area contributed by atoms with Crippen LogP contribution in [0.1, 0.15) is 46.5 Å². The quantitative estimate of drug-likeness (QED) is 0.175. The number of nitrogens with one attached hydrogen (secondary N) is 1. The van der Waals surface area contributed by atoms with Gasteiger partial charge in [-0.3, -0.25) is 0 Å². The van der Waals surface area contributed by atoms with Crippen LogP contribution in [0, 0.1) is 5.41 Å². The van der Waals surface area contributed by atoms with Crippen molar-refractivity contribution in [2.24, 2.45) is 0 Å². The van der Waals surface area contributed by atoms with E-state index in [1.54, 1.807) is 0 Å². The number of hydrogen-bond donors (Lipinski definition) is 1. The standard InChI is InChI=1S/C24H35Cl2NOSi2/c1-6-18-23(3,29(4,26)21-14-10-8-11-15-21)28-30(5,22-16-12-9-13-17-22)24(25,7-2)19-20-27/h8-17,20,27H,6-7,18-19H2,1-5H3. The molecule has 0 fully saturated rings. The molecule has 164 valence electrons. The van der Waals surface area contributed by atoms with E-state index in [1.807, 2.05) is 24.3 Å². The smallest absolute Gasteiger partial charge is 0.242 e. The van der Waals surface area contributed by atoms with Gasteiger partial charge in [-0.15, -0.1) is 11.6 Å². The lowest BCUT2D eigenvalue weighted by atomic mass is 10.2. The van der Waals surface area contributed by atoms with Crippen molar-refractivity contribution in [3.05, 3.63) is 60.7 Å². The molecule has 0 heterocycles. The van der Waals surface area contributed by atoms with Crippen LogP contribution in [-0.4, -0.2) is 31.6 Å². The Morgan fingerprint density at radius 3 is 1.90 bits per heavy atom. The average molecular weight is 481 g/mol. The highest BCUT2D eigenvalue weighted by Crippen LogP contribution is 2.42. The molecule has 0 aromatic heterocycles. The average Bonchev–Trinajstić information content (AvgIpc) is 2.75. The molecule has 4 atom stereocenters. The Morgan fingerprint density at radius 1 is 0.967 bits per heavy atom. The van der Waals surface area contributed by atoms with E-state index >= 15 is 0 Å². The number of rotatable bonds is 11. The second-order valence-electron chi connectivity index (χ2n) is 8.58. The number of benzene rings is 2. The third-order valence-corrected chi connectivity index (χ3v) is 18.5. The Labute approximate surface area is 194 Å². The molecule has 0 aliphatic carbocycles. The number of hydrogen-bond acceptors (Lipinski definition) is 2. The van der Waals surface area contributed by atoms with E-state index in [0.29, 0.717) is 6.42 Å². The summed E-state index contributed by atoms with van der Waals surface area (Å²) < 4.78 is 6.69. The fraction of sp³-hybridized carbons (Fsp3) is 0.458. The molecule has 2 rings (SSSR count). The first-order chi connectivity index (χ1) is 14.1. The number of halogens is 2. The lowest BCUT2D eigenvalue weighted by molar-refractivity contribution is 0.143. The lowest BCUT2D eigenvalue weighted by Gasteiger charge is -2.51. The lowest BCUT2D eigenvalue weighted by Crippen LogP contribution is -2.72. The maximum absolute atomic E-state index is 7.81. The Bertz CT molecular complexity index is 820. The van der Waals surface area contributed by atoms with E-state index in [-0.39, 0.29) is 0 Å². The van der Waals surface area contributed by atoms with Gasteiger partial charge in [0.25, 0.3) is 0 Å². The minimum atomic E-state index is -2.75. The molecule has 4 unspecified atom stereocenters. The minimum Gasteiger partial charge on any atom is -0.406 e. The molecule has 0 saturated carbocycles. The van der Waals surface area contributed by atoms with Crippen molar-refractivity contribution in [3.63, 3.8) is 0 Å². The Balaban J connectivity index is 2.67. The third kappa shape index (κ3) is 4.78. The Hall–Kier alpha value is -0.916. The van der Waals surface area contributed by atoms with Crippen LogP contribution in [0.15, 0.2) is 60.7 Å². The molecule has 0 aliphatic heterocycles. The summed E-state index contributed by atoms with van der Waals surface area (Å²) in [4.78, 5) is 0. The fourth-order valence-corrected chi connectivity index (χ4v) is 13.2. The van der Waals surface area contributed by atoms with E-state index in [4.69, 9.17) is 32.5 Å². The van der Waals surface area contributed by atoms with Gasteiger partial charge in [-0.25, -0.2) is 0 Å². The van der Waals surface area contributed by atoms with Gasteiger partial charge in [-0.2, -0.15) is 11.1 Å². The van der Waals surface area contributed by atoms with Crippen molar-refractivity contribution in [3.8, 4) is 0 Å². The van der Waals surface area contributed by atoms with Crippen LogP contribution in [0.2, 0.25) is 13.1 Å². The minimum absolute atomic E-state index is 0.483. The molecule has 0 radical (unpaired) electrons. The van der Waals surface area contributed by atoms with E-state index in [2.05, 4.69) is 70.3 Å². The maximum Gasteiger partial charge on any atom is 0.242 e. The van der Waals surface area contributed by atoms with Crippen molar-refractivity contribution < 1.29 is 4.43 Å². The van der Waals surface area contributed by atoms with Gasteiger partial charge in [-0.1, -0.05) is 80.9 Å². The van der Waals surface area contributed by atoms with Gasteiger partial charge in [0.2, 0.25) is 15.7 Å². The van der Waals surface area contributed by atoms with E-state index in [0.717, 1.165) is 24.4 Å². The second kappa shape index (κ2) is 10.1. The zero-order valence-corrected chi connectivity index (χ0v) is 22.4. The molecule has 0 aliphatic rings. The van der Waals surface area contributed by atoms with Gasteiger partial charge in [0.1, 0.15) is 0 Å². The largest absolute Gasteiger partial charge is 0.406 e. The topological polar surface area (TPSA) is 33.1 Å². The summed E-state index contributed by atoms with van der Waals surface area (Å²) in [6.45, 7) is 10.9. The van der Waals surface area contributed by atoms with Gasteiger partial charge in [0, 0.05) is 6.42 Å². The van der Waals surface area contributed by atoms with Crippen LogP contribution in [0.4, 0.5) is 0 Å². The van der Waals surface area contributed by atoms with Gasteiger partial charge in [0.15, 0.2) is 0 Å². The van der Waals surface area contributed by atoms with Crippen LogP contribution in [0.3, 0.4) is 0 Å². The molecule has 0 spiro atoms. The van der Waals surface area contributed by atoms with Crippen molar-refractivity contribution >= 4 is 55.0 Å². The van der Waals surface area contributed by atoms with Gasteiger partial charge >= 0.3 is 0 Å². The molecule has 6 heteroatoms. The van der Waals surface area contributed by atoms with Crippen molar-refractivity contribution in [2.45, 2.75) is 69.3 Å². The molecular formula is C24H35Cl2NOSi2. The highest BCUT2D eigenvalue weighted by molar-refractivity contribution is 7.28. The van der Waals surface area contributed by atoms with Crippen molar-refractivity contribution in [1.82, 2.24) is 0 Å². The summed E-state index contributed by atoms with van der Waals surface area (Å²) in [5.41, 5.74) is 0. The molecule has 1 N–H and O–H groups in total. The summed E-state index contributed by atoms with van der Waals surface area (Å²) in [6.07, 6.45) is 4.49. The predicted octanol–water partition coefficient (Wildman–Crippen LogP) is 6.27. The van der Waals surface area contributed by atoms with Gasteiger partial charge in [0.05, 0.1) is 9.72 Å². The zero-order chi connectivity index (χ0) is 22.5. The normalized spacial score (nSPS) is 19.7. The molecule has 0 amide bonds. The molecular weight excluding hydrogens is 445 g/mol. The Kier molecular flexibility index (Phi) is 8.56. The van der Waals surface area contributed by atoms with E-state index in [9.17, 15) is 0 Å². The highest BCUT2D eigenvalue weighted by Gasteiger charge is 2.58. The second-order valence-corrected chi connectivity index (χ2v) is 19.3. The summed E-state index contributed by atoms with van der Waals surface area (Å²) in [5.74, 6) is 0. The monoisotopic (exact) mass is 479 g/mol. The van der Waals surface area contributed by atoms with Crippen molar-refractivity contribution in [1.29, 1.82) is 5.41 Å². The third-order valence-electron chi connectivity index (χ3n) is 6.63. The van der Waals surface area contributed by atoms with Crippen LogP contribution in [0.25, 0.3) is 0 Å². The Morgan fingerprint density at radius 2 is 1.47 bits per heavy atom. The van der Waals surface area contributed by atoms with Gasteiger partial charge < -0.3 is 9.84 Å². The summed E-state index contributed by atoms with van der Waals surface area (Å²) >= 11 is 14.8. The SMILES string of the molecule is CCCC(C)(O[Si](C)(c1ccccc1)C(Cl)(CC)CC=N)[Si](C)(Cl)c1ccccc1. The first-order valence-electron chi connectivity index (χ1n) is 10.8. The first kappa shape index (κ1) is 25.3. The van der Waals surface area contributed by atoms with Crippen LogP contribution < -0.4 is 10.4 Å². The number of alkyl halides is 1. The first-order valence-corrected chi connectivity index (χ1v) is 17.1. The summed E-state index contributed by atoms with van der Waals surface area (Å²) in [5, 5.41) is 9.64. The fourth-order valence-electron chi connectivity index (χ4n) is 4.37. The summed E-state index contributed by atoms with van der Waals surface area (Å²) in [6, 6.07) is 20.8. The molecule has 30 heavy (non-hydrogen) atoms. The highest BCUT2D eigenvalue weighted by atomic mass is 35.6. The predicted molar refractivity (Wildman–Crippen MR) is 138 cm³/mol. The maximum atomic E-state index is 7.81.